The molecule has 1 N–H and O–H groups in total. The van der Waals surface area contributed by atoms with Crippen LogP contribution in [-0.4, -0.2) is 19.2 Å². The summed E-state index contributed by atoms with van der Waals surface area (Å²) in [5.74, 6) is 0.465. The lowest BCUT2D eigenvalue weighted by atomic mass is 9.96. The molecule has 0 aromatic heterocycles. The van der Waals surface area contributed by atoms with Crippen LogP contribution in [0.5, 0.6) is 5.75 Å². The van der Waals surface area contributed by atoms with E-state index in [0.717, 1.165) is 12.8 Å². The minimum atomic E-state index is -0.647. The van der Waals surface area contributed by atoms with Gasteiger partial charge in [-0.15, -0.1) is 0 Å². The fourth-order valence-electron chi connectivity index (χ4n) is 1.90. The molecule has 0 amide bonds. The standard InChI is InChI=1S/C13H15FN2O/c1-16-13(8-15,10-5-6-10)9-17-12-4-2-3-11(14)7-12/h2-4,7,10,16H,5-6,9H2,1H3. The first kappa shape index (κ1) is 11.9. The van der Waals surface area contributed by atoms with Crippen LogP contribution in [0.2, 0.25) is 0 Å². The van der Waals surface area contributed by atoms with E-state index < -0.39 is 5.54 Å². The molecule has 3 nitrogen and oxygen atoms in total. The Hall–Kier alpha value is -1.60. The van der Waals surface area contributed by atoms with Crippen LogP contribution in [0.3, 0.4) is 0 Å². The van der Waals surface area contributed by atoms with Crippen molar-refractivity contribution < 1.29 is 9.13 Å². The van der Waals surface area contributed by atoms with Crippen molar-refractivity contribution in [1.29, 1.82) is 5.26 Å². The molecule has 4 heteroatoms. The van der Waals surface area contributed by atoms with Gasteiger partial charge in [-0.25, -0.2) is 4.39 Å². The highest BCUT2D eigenvalue weighted by Gasteiger charge is 2.45. The maximum atomic E-state index is 13.0. The number of nitrogens with one attached hydrogen (secondary N) is 1. The molecule has 0 radical (unpaired) electrons. The van der Waals surface area contributed by atoms with Crippen LogP contribution in [0.1, 0.15) is 12.8 Å². The molecule has 17 heavy (non-hydrogen) atoms. The van der Waals surface area contributed by atoms with Gasteiger partial charge in [0, 0.05) is 6.07 Å². The first-order chi connectivity index (χ1) is 8.20. The lowest BCUT2D eigenvalue weighted by Gasteiger charge is -2.25. The topological polar surface area (TPSA) is 45.0 Å². The molecule has 1 atom stereocenters. The van der Waals surface area contributed by atoms with Gasteiger partial charge in [-0.3, -0.25) is 5.32 Å². The summed E-state index contributed by atoms with van der Waals surface area (Å²) in [6, 6.07) is 8.25. The maximum absolute atomic E-state index is 13.0. The molecule has 1 aliphatic carbocycles. The molecule has 1 aromatic carbocycles. The molecule has 0 bridgehead atoms. The third kappa shape index (κ3) is 2.56. The van der Waals surface area contributed by atoms with E-state index in [1.165, 1.54) is 12.1 Å². The van der Waals surface area contributed by atoms with E-state index in [9.17, 15) is 9.65 Å². The third-order valence-corrected chi connectivity index (χ3v) is 3.18. The molecule has 90 valence electrons. The number of nitrogens with zero attached hydrogens (tertiary/aromatic N) is 1. The zero-order valence-corrected chi connectivity index (χ0v) is 9.74. The second kappa shape index (κ2) is 4.72. The van der Waals surface area contributed by atoms with E-state index in [-0.39, 0.29) is 12.4 Å². The second-order valence-electron chi connectivity index (χ2n) is 4.35. The van der Waals surface area contributed by atoms with Crippen LogP contribution < -0.4 is 10.1 Å². The highest BCUT2D eigenvalue weighted by molar-refractivity contribution is 5.24. The quantitative estimate of drug-likeness (QED) is 0.848. The van der Waals surface area contributed by atoms with Crippen molar-refractivity contribution in [2.24, 2.45) is 5.92 Å². The van der Waals surface area contributed by atoms with Crippen molar-refractivity contribution in [1.82, 2.24) is 5.32 Å². The Balaban J connectivity index is 2.03. The van der Waals surface area contributed by atoms with Crippen LogP contribution in [0, 0.1) is 23.1 Å². The van der Waals surface area contributed by atoms with Crippen LogP contribution in [-0.2, 0) is 0 Å². The van der Waals surface area contributed by atoms with Gasteiger partial charge >= 0.3 is 0 Å². The van der Waals surface area contributed by atoms with Gasteiger partial charge < -0.3 is 4.74 Å². The second-order valence-corrected chi connectivity index (χ2v) is 4.35. The van der Waals surface area contributed by atoms with E-state index in [2.05, 4.69) is 11.4 Å². The first-order valence-electron chi connectivity index (χ1n) is 5.69. The summed E-state index contributed by atoms with van der Waals surface area (Å²) in [6.45, 7) is 0.244. The number of benzene rings is 1. The van der Waals surface area contributed by atoms with Crippen LogP contribution >= 0.6 is 0 Å². The maximum Gasteiger partial charge on any atom is 0.143 e. The van der Waals surface area contributed by atoms with Crippen LogP contribution in [0.4, 0.5) is 4.39 Å². The Kier molecular flexibility index (Phi) is 3.30. The Morgan fingerprint density at radius 2 is 2.35 bits per heavy atom. The van der Waals surface area contributed by atoms with Crippen molar-refractivity contribution >= 4 is 0 Å². The number of nitriles is 1. The van der Waals surface area contributed by atoms with Crippen molar-refractivity contribution in [2.75, 3.05) is 13.7 Å². The molecular formula is C13H15FN2O. The number of hydrogen-bond acceptors (Lipinski definition) is 3. The molecule has 2 rings (SSSR count). The molecule has 1 aliphatic rings. The smallest absolute Gasteiger partial charge is 0.143 e. The van der Waals surface area contributed by atoms with Gasteiger partial charge in [-0.05, 0) is 37.9 Å². The number of likely N-dealkylation sites (N-methyl/N-ethyl adjacent to an activating group) is 1. The van der Waals surface area contributed by atoms with Crippen molar-refractivity contribution in [3.8, 4) is 11.8 Å². The molecule has 0 heterocycles. The summed E-state index contributed by atoms with van der Waals surface area (Å²) in [5.41, 5.74) is -0.647. The zero-order chi connectivity index (χ0) is 12.3. The Morgan fingerprint density at radius 1 is 1.59 bits per heavy atom. The average molecular weight is 234 g/mol. The minimum absolute atomic E-state index is 0.244. The van der Waals surface area contributed by atoms with Gasteiger partial charge in [-0.2, -0.15) is 5.26 Å². The molecule has 1 fully saturated rings. The highest BCUT2D eigenvalue weighted by atomic mass is 19.1. The number of rotatable bonds is 5. The van der Waals surface area contributed by atoms with Gasteiger partial charge in [0.05, 0.1) is 6.07 Å². The number of hydrogen-bond donors (Lipinski definition) is 1. The van der Waals surface area contributed by atoms with E-state index >= 15 is 0 Å². The highest BCUT2D eigenvalue weighted by Crippen LogP contribution is 2.39. The van der Waals surface area contributed by atoms with Gasteiger partial charge in [0.25, 0.3) is 0 Å². The third-order valence-electron chi connectivity index (χ3n) is 3.18. The van der Waals surface area contributed by atoms with Gasteiger partial charge in [0.1, 0.15) is 23.7 Å². The summed E-state index contributed by atoms with van der Waals surface area (Å²) in [4.78, 5) is 0. The Bertz CT molecular complexity index is 439. The lowest BCUT2D eigenvalue weighted by Crippen LogP contribution is -2.49. The van der Waals surface area contributed by atoms with E-state index in [1.807, 2.05) is 0 Å². The van der Waals surface area contributed by atoms with Gasteiger partial charge in [-0.1, -0.05) is 6.07 Å². The summed E-state index contributed by atoms with van der Waals surface area (Å²) in [5, 5.41) is 12.3. The molecule has 1 saturated carbocycles. The van der Waals surface area contributed by atoms with E-state index in [4.69, 9.17) is 4.74 Å². The van der Waals surface area contributed by atoms with Crippen LogP contribution in [0.15, 0.2) is 24.3 Å². The number of ether oxygens (including phenoxy) is 1. The van der Waals surface area contributed by atoms with Gasteiger partial charge in [0.15, 0.2) is 0 Å². The fourth-order valence-corrected chi connectivity index (χ4v) is 1.90. The largest absolute Gasteiger partial charge is 0.490 e. The SMILES string of the molecule is CNC(C#N)(COc1cccc(F)c1)C1CC1. The fraction of sp³-hybridized carbons (Fsp3) is 0.462. The molecular weight excluding hydrogens is 219 g/mol. The molecule has 1 aromatic rings. The average Bonchev–Trinajstić information content (AvgIpc) is 3.16. The summed E-state index contributed by atoms with van der Waals surface area (Å²) < 4.78 is 18.5. The van der Waals surface area contributed by atoms with E-state index in [0.29, 0.717) is 11.7 Å². The summed E-state index contributed by atoms with van der Waals surface area (Å²) >= 11 is 0. The predicted octanol–water partition coefficient (Wildman–Crippen LogP) is 2.10. The predicted molar refractivity (Wildman–Crippen MR) is 62.0 cm³/mol. The summed E-state index contributed by atoms with van der Waals surface area (Å²) in [6.07, 6.45) is 2.09. The molecule has 0 spiro atoms. The van der Waals surface area contributed by atoms with Gasteiger partial charge in [0.2, 0.25) is 0 Å². The number of halogens is 1. The molecule has 0 aliphatic heterocycles. The first-order valence-corrected chi connectivity index (χ1v) is 5.69. The molecule has 0 saturated heterocycles. The summed E-state index contributed by atoms with van der Waals surface area (Å²) in [7, 11) is 1.76. The Morgan fingerprint density at radius 3 is 2.88 bits per heavy atom. The van der Waals surface area contributed by atoms with Crippen molar-refractivity contribution in [2.45, 2.75) is 18.4 Å². The van der Waals surface area contributed by atoms with Crippen molar-refractivity contribution in [3.05, 3.63) is 30.1 Å². The molecule has 1 unspecified atom stereocenters. The lowest BCUT2D eigenvalue weighted by molar-refractivity contribution is 0.210. The monoisotopic (exact) mass is 234 g/mol. The van der Waals surface area contributed by atoms with E-state index in [1.54, 1.807) is 19.2 Å². The normalized spacial score (nSPS) is 18.2. The minimum Gasteiger partial charge on any atom is -0.490 e. The van der Waals surface area contributed by atoms with Crippen LogP contribution in [0.25, 0.3) is 0 Å². The zero-order valence-electron chi connectivity index (χ0n) is 9.74. The van der Waals surface area contributed by atoms with Crippen molar-refractivity contribution in [3.63, 3.8) is 0 Å². The Labute approximate surface area is 100 Å².